The second kappa shape index (κ2) is 11.5. The first-order valence-electron chi connectivity index (χ1n) is 11.4. The Morgan fingerprint density at radius 1 is 1.03 bits per heavy atom. The van der Waals surface area contributed by atoms with Gasteiger partial charge in [0.1, 0.15) is 0 Å². The Balaban J connectivity index is 1.62. The van der Waals surface area contributed by atoms with Gasteiger partial charge in [-0.3, -0.25) is 14.5 Å². The number of aromatic carboxylic acids is 1. The Morgan fingerprint density at radius 3 is 2.45 bits per heavy atom. The number of carboxylic acids is 1. The molecule has 0 aliphatic carbocycles. The van der Waals surface area contributed by atoms with Crippen molar-refractivity contribution in [2.24, 2.45) is 0 Å². The van der Waals surface area contributed by atoms with Crippen LogP contribution < -0.4 is 15.5 Å². The van der Waals surface area contributed by atoms with Gasteiger partial charge in [0.2, 0.25) is 5.91 Å². The molecule has 1 saturated heterocycles. The summed E-state index contributed by atoms with van der Waals surface area (Å²) in [4.78, 5) is 40.6. The third kappa shape index (κ3) is 6.79. The van der Waals surface area contributed by atoms with Crippen molar-refractivity contribution in [2.45, 2.75) is 26.7 Å². The molecule has 8 heteroatoms. The van der Waals surface area contributed by atoms with Gasteiger partial charge >= 0.3 is 5.97 Å². The van der Waals surface area contributed by atoms with Crippen LogP contribution in [0.25, 0.3) is 0 Å². The van der Waals surface area contributed by atoms with Crippen molar-refractivity contribution in [3.05, 3.63) is 59.2 Å². The molecule has 1 aliphatic heterocycles. The summed E-state index contributed by atoms with van der Waals surface area (Å²) >= 11 is 0. The lowest BCUT2D eigenvalue weighted by molar-refractivity contribution is -0.122. The number of carboxylic acid groups (broad SMARTS) is 1. The zero-order chi connectivity index (χ0) is 23.8. The van der Waals surface area contributed by atoms with E-state index in [0.29, 0.717) is 56.2 Å². The first-order valence-corrected chi connectivity index (χ1v) is 11.4. The van der Waals surface area contributed by atoms with Gasteiger partial charge in [0.05, 0.1) is 17.8 Å². The van der Waals surface area contributed by atoms with Crippen LogP contribution in [0.1, 0.15) is 46.0 Å². The minimum atomic E-state index is -1.05. The average Bonchev–Trinajstić information content (AvgIpc) is 2.80. The number of unbranched alkanes of at least 4 members (excludes halogenated alkanes) is 1. The molecule has 3 rings (SSSR count). The minimum absolute atomic E-state index is 0.0248. The molecule has 0 radical (unpaired) electrons. The molecule has 0 atom stereocenters. The van der Waals surface area contributed by atoms with Crippen LogP contribution in [-0.4, -0.2) is 67.1 Å². The van der Waals surface area contributed by atoms with E-state index in [1.807, 2.05) is 24.0 Å². The van der Waals surface area contributed by atoms with Crippen molar-refractivity contribution < 1.29 is 19.5 Å². The van der Waals surface area contributed by atoms with Gasteiger partial charge in [-0.2, -0.15) is 0 Å². The van der Waals surface area contributed by atoms with E-state index in [2.05, 4.69) is 22.5 Å². The number of aryl methyl sites for hydroxylation is 1. The topological polar surface area (TPSA) is 102 Å². The monoisotopic (exact) mass is 452 g/mol. The lowest BCUT2D eigenvalue weighted by Gasteiger charge is -2.36. The molecule has 0 aromatic heterocycles. The highest BCUT2D eigenvalue weighted by Crippen LogP contribution is 2.26. The minimum Gasteiger partial charge on any atom is -0.478 e. The summed E-state index contributed by atoms with van der Waals surface area (Å²) in [7, 11) is 0. The van der Waals surface area contributed by atoms with Gasteiger partial charge in [-0.1, -0.05) is 31.0 Å². The third-order valence-electron chi connectivity index (χ3n) is 5.70. The van der Waals surface area contributed by atoms with Crippen LogP contribution in [0.2, 0.25) is 0 Å². The number of benzene rings is 2. The molecule has 2 aromatic rings. The summed E-state index contributed by atoms with van der Waals surface area (Å²) in [6.45, 7) is 7.64. The summed E-state index contributed by atoms with van der Waals surface area (Å²) in [6.07, 6.45) is 2.01. The highest BCUT2D eigenvalue weighted by atomic mass is 16.4. The van der Waals surface area contributed by atoms with Gasteiger partial charge in [-0.05, 0) is 43.7 Å². The smallest absolute Gasteiger partial charge is 0.337 e. The van der Waals surface area contributed by atoms with Gasteiger partial charge in [0, 0.05) is 44.0 Å². The first kappa shape index (κ1) is 24.3. The van der Waals surface area contributed by atoms with E-state index >= 15 is 0 Å². The van der Waals surface area contributed by atoms with Crippen molar-refractivity contribution >= 4 is 29.2 Å². The molecule has 0 saturated carbocycles. The maximum atomic E-state index is 12.5. The lowest BCUT2D eigenvalue weighted by Crippen LogP contribution is -2.49. The number of hydrogen-bond donors (Lipinski definition) is 3. The average molecular weight is 453 g/mol. The fourth-order valence-corrected chi connectivity index (χ4v) is 3.86. The molecule has 1 aliphatic rings. The zero-order valence-corrected chi connectivity index (χ0v) is 19.3. The number of rotatable bonds is 9. The number of carbonyl (C=O) groups is 3. The van der Waals surface area contributed by atoms with Crippen LogP contribution in [0.3, 0.4) is 0 Å². The van der Waals surface area contributed by atoms with E-state index in [1.165, 1.54) is 6.07 Å². The number of anilines is 2. The number of nitrogens with one attached hydrogen (secondary N) is 2. The molecule has 3 N–H and O–H groups in total. The van der Waals surface area contributed by atoms with E-state index in [4.69, 9.17) is 0 Å². The van der Waals surface area contributed by atoms with Gasteiger partial charge in [0.25, 0.3) is 5.91 Å². The maximum absolute atomic E-state index is 12.5. The molecule has 8 nitrogen and oxygen atoms in total. The van der Waals surface area contributed by atoms with Crippen LogP contribution >= 0.6 is 0 Å². The zero-order valence-electron chi connectivity index (χ0n) is 19.3. The van der Waals surface area contributed by atoms with Crippen molar-refractivity contribution in [1.82, 2.24) is 10.2 Å². The summed E-state index contributed by atoms with van der Waals surface area (Å²) < 4.78 is 0. The normalized spacial score (nSPS) is 14.1. The van der Waals surface area contributed by atoms with Crippen LogP contribution in [0.5, 0.6) is 0 Å². The lowest BCUT2D eigenvalue weighted by atomic mass is 10.1. The highest BCUT2D eigenvalue weighted by molar-refractivity contribution is 6.05. The van der Waals surface area contributed by atoms with E-state index in [1.54, 1.807) is 24.3 Å². The molecule has 0 spiro atoms. The van der Waals surface area contributed by atoms with Gasteiger partial charge in [0.15, 0.2) is 0 Å². The van der Waals surface area contributed by atoms with Crippen molar-refractivity contribution in [3.8, 4) is 0 Å². The van der Waals surface area contributed by atoms with Crippen LogP contribution in [-0.2, 0) is 4.79 Å². The largest absolute Gasteiger partial charge is 0.478 e. The Bertz CT molecular complexity index is 1000. The van der Waals surface area contributed by atoms with Gasteiger partial charge in [-0.25, -0.2) is 4.79 Å². The van der Waals surface area contributed by atoms with Crippen molar-refractivity contribution in [1.29, 1.82) is 0 Å². The standard InChI is InChI=1S/C25H32N4O4/c1-3-4-10-26-23(30)17-28-11-13-29(14-12-28)22-9-8-20(16-21(22)25(32)33)27-24(31)19-7-5-6-18(2)15-19/h5-9,15-16H,3-4,10-14,17H2,1-2H3,(H,26,30)(H,27,31)(H,32,33). The molecule has 1 heterocycles. The van der Waals surface area contributed by atoms with E-state index < -0.39 is 5.97 Å². The predicted molar refractivity (Wildman–Crippen MR) is 129 cm³/mol. The van der Waals surface area contributed by atoms with Crippen LogP contribution in [0, 0.1) is 6.92 Å². The molecule has 2 aromatic carbocycles. The number of amides is 2. The Morgan fingerprint density at radius 2 is 1.79 bits per heavy atom. The molecule has 0 bridgehead atoms. The molecular formula is C25H32N4O4. The fraction of sp³-hybridized carbons (Fsp3) is 0.400. The second-order valence-electron chi connectivity index (χ2n) is 8.33. The van der Waals surface area contributed by atoms with E-state index in [0.717, 1.165) is 18.4 Å². The quantitative estimate of drug-likeness (QED) is 0.506. The molecule has 1 fully saturated rings. The Labute approximate surface area is 194 Å². The summed E-state index contributed by atoms with van der Waals surface area (Å²) in [5.74, 6) is -1.31. The molecular weight excluding hydrogens is 420 g/mol. The number of nitrogens with zero attached hydrogens (tertiary/aromatic N) is 2. The maximum Gasteiger partial charge on any atom is 0.337 e. The Hall–Kier alpha value is -3.39. The number of hydrogen-bond acceptors (Lipinski definition) is 5. The molecule has 2 amide bonds. The summed E-state index contributed by atoms with van der Waals surface area (Å²) in [6, 6.07) is 12.2. The first-order chi connectivity index (χ1) is 15.9. The van der Waals surface area contributed by atoms with Gasteiger partial charge < -0.3 is 20.6 Å². The molecule has 33 heavy (non-hydrogen) atoms. The third-order valence-corrected chi connectivity index (χ3v) is 5.70. The van der Waals surface area contributed by atoms with E-state index in [9.17, 15) is 19.5 Å². The summed E-state index contributed by atoms with van der Waals surface area (Å²) in [5.41, 5.74) is 2.68. The number of carbonyl (C=O) groups excluding carboxylic acids is 2. The van der Waals surface area contributed by atoms with Crippen LogP contribution in [0.15, 0.2) is 42.5 Å². The van der Waals surface area contributed by atoms with Gasteiger partial charge in [-0.15, -0.1) is 0 Å². The fourth-order valence-electron chi connectivity index (χ4n) is 3.86. The molecule has 0 unspecified atom stereocenters. The SMILES string of the molecule is CCCCNC(=O)CN1CCN(c2ccc(NC(=O)c3cccc(C)c3)cc2C(=O)O)CC1. The van der Waals surface area contributed by atoms with E-state index in [-0.39, 0.29) is 17.4 Å². The van der Waals surface area contributed by atoms with Crippen molar-refractivity contribution in [2.75, 3.05) is 49.5 Å². The highest BCUT2D eigenvalue weighted by Gasteiger charge is 2.23. The summed E-state index contributed by atoms with van der Waals surface area (Å²) in [5, 5.41) is 15.5. The van der Waals surface area contributed by atoms with Crippen LogP contribution in [0.4, 0.5) is 11.4 Å². The Kier molecular flexibility index (Phi) is 8.43. The molecule has 176 valence electrons. The van der Waals surface area contributed by atoms with Crippen molar-refractivity contribution in [3.63, 3.8) is 0 Å². The predicted octanol–water partition coefficient (Wildman–Crippen LogP) is 2.98. The number of piperazine rings is 1. The second-order valence-corrected chi connectivity index (χ2v) is 8.33.